The summed E-state index contributed by atoms with van der Waals surface area (Å²) in [6, 6.07) is 0. The van der Waals surface area contributed by atoms with Gasteiger partial charge in [0.05, 0.1) is 13.2 Å². The van der Waals surface area contributed by atoms with Gasteiger partial charge in [0.2, 0.25) is 0 Å². The molecule has 0 aliphatic carbocycles. The van der Waals surface area contributed by atoms with Crippen LogP contribution in [0.25, 0.3) is 0 Å². The molecule has 1 fully saturated rings. The van der Waals surface area contributed by atoms with Crippen LogP contribution >= 0.6 is 0 Å². The predicted molar refractivity (Wildman–Crippen MR) is 72.8 cm³/mol. The fourth-order valence-electron chi connectivity index (χ4n) is 2.18. The highest BCUT2D eigenvalue weighted by Crippen LogP contribution is 2.03. The van der Waals surface area contributed by atoms with E-state index in [0.717, 1.165) is 6.54 Å². The second-order valence-corrected chi connectivity index (χ2v) is 4.66. The molecule has 0 aromatic carbocycles. The minimum absolute atomic E-state index is 0.0538. The third-order valence-corrected chi connectivity index (χ3v) is 3.31. The van der Waals surface area contributed by atoms with Crippen LogP contribution in [0.4, 0.5) is 0 Å². The molecule has 0 aromatic heterocycles. The van der Waals surface area contributed by atoms with E-state index >= 15 is 0 Å². The standard InChI is InChI=1S/C12H24N4O4/c13-1-2-14-3-5-15(6-4-14)11(19)12(20)16(7-9-17)8-10-18/h17-18H,1-10,13H2. The van der Waals surface area contributed by atoms with E-state index in [9.17, 15) is 9.59 Å². The lowest BCUT2D eigenvalue weighted by molar-refractivity contribution is -0.153. The van der Waals surface area contributed by atoms with E-state index in [1.54, 1.807) is 0 Å². The van der Waals surface area contributed by atoms with Gasteiger partial charge in [0, 0.05) is 52.4 Å². The van der Waals surface area contributed by atoms with Crippen LogP contribution in [0.3, 0.4) is 0 Å². The number of aliphatic hydroxyl groups is 2. The summed E-state index contributed by atoms with van der Waals surface area (Å²) in [5, 5.41) is 17.8. The number of piperazine rings is 1. The van der Waals surface area contributed by atoms with Crippen molar-refractivity contribution in [3.63, 3.8) is 0 Å². The fraction of sp³-hybridized carbons (Fsp3) is 0.833. The molecule has 0 saturated carbocycles. The van der Waals surface area contributed by atoms with Crippen molar-refractivity contribution in [3.8, 4) is 0 Å². The Hall–Kier alpha value is -1.22. The van der Waals surface area contributed by atoms with Gasteiger partial charge in [-0.15, -0.1) is 0 Å². The summed E-state index contributed by atoms with van der Waals surface area (Å²) >= 11 is 0. The fourth-order valence-corrected chi connectivity index (χ4v) is 2.18. The highest BCUT2D eigenvalue weighted by molar-refractivity contribution is 6.34. The van der Waals surface area contributed by atoms with E-state index in [-0.39, 0.29) is 26.3 Å². The molecule has 8 heteroatoms. The largest absolute Gasteiger partial charge is 0.395 e. The van der Waals surface area contributed by atoms with Crippen molar-refractivity contribution < 1.29 is 19.8 Å². The van der Waals surface area contributed by atoms with Crippen LogP contribution in [0.2, 0.25) is 0 Å². The van der Waals surface area contributed by atoms with Crippen LogP contribution in [0.15, 0.2) is 0 Å². The number of hydrogen-bond acceptors (Lipinski definition) is 6. The zero-order valence-electron chi connectivity index (χ0n) is 11.7. The van der Waals surface area contributed by atoms with Gasteiger partial charge in [-0.1, -0.05) is 0 Å². The van der Waals surface area contributed by atoms with Gasteiger partial charge in [-0.2, -0.15) is 0 Å². The molecule has 0 bridgehead atoms. The van der Waals surface area contributed by atoms with Gasteiger partial charge in [-0.3, -0.25) is 14.5 Å². The molecular weight excluding hydrogens is 264 g/mol. The highest BCUT2D eigenvalue weighted by atomic mass is 16.3. The third kappa shape index (κ3) is 4.71. The van der Waals surface area contributed by atoms with E-state index in [1.807, 2.05) is 0 Å². The van der Waals surface area contributed by atoms with Crippen molar-refractivity contribution in [1.29, 1.82) is 0 Å². The average Bonchev–Trinajstić information content (AvgIpc) is 2.47. The van der Waals surface area contributed by atoms with Crippen molar-refractivity contribution in [3.05, 3.63) is 0 Å². The molecule has 2 amide bonds. The van der Waals surface area contributed by atoms with E-state index < -0.39 is 11.8 Å². The van der Waals surface area contributed by atoms with Crippen LogP contribution in [0, 0.1) is 0 Å². The molecule has 1 heterocycles. The Morgan fingerprint density at radius 2 is 1.60 bits per heavy atom. The SMILES string of the molecule is NCCN1CCN(C(=O)C(=O)N(CCO)CCO)CC1. The first kappa shape index (κ1) is 16.8. The van der Waals surface area contributed by atoms with Crippen LogP contribution in [0.5, 0.6) is 0 Å². The van der Waals surface area contributed by atoms with Gasteiger partial charge in [-0.05, 0) is 0 Å². The Morgan fingerprint density at radius 3 is 2.05 bits per heavy atom. The number of carbonyl (C=O) groups excluding carboxylic acids is 2. The van der Waals surface area contributed by atoms with Crippen molar-refractivity contribution in [2.24, 2.45) is 5.73 Å². The molecule has 1 aliphatic heterocycles. The summed E-state index contributed by atoms with van der Waals surface area (Å²) in [5.41, 5.74) is 5.48. The van der Waals surface area contributed by atoms with Gasteiger partial charge in [-0.25, -0.2) is 0 Å². The minimum atomic E-state index is -0.666. The van der Waals surface area contributed by atoms with Gasteiger partial charge in [0.25, 0.3) is 0 Å². The number of hydrogen-bond donors (Lipinski definition) is 3. The van der Waals surface area contributed by atoms with Crippen molar-refractivity contribution in [1.82, 2.24) is 14.7 Å². The van der Waals surface area contributed by atoms with Crippen LogP contribution in [-0.2, 0) is 9.59 Å². The Bertz CT molecular complexity index is 313. The predicted octanol–water partition coefficient (Wildman–Crippen LogP) is -3.10. The number of rotatable bonds is 6. The van der Waals surface area contributed by atoms with E-state index in [0.29, 0.717) is 32.7 Å². The first-order valence-electron chi connectivity index (χ1n) is 6.86. The molecule has 1 saturated heterocycles. The molecule has 0 radical (unpaired) electrons. The van der Waals surface area contributed by atoms with E-state index in [2.05, 4.69) is 4.90 Å². The second-order valence-electron chi connectivity index (χ2n) is 4.66. The Kier molecular flexibility index (Phi) is 7.45. The van der Waals surface area contributed by atoms with Crippen LogP contribution in [-0.4, -0.2) is 102 Å². The Labute approximate surface area is 118 Å². The maximum absolute atomic E-state index is 12.1. The van der Waals surface area contributed by atoms with Gasteiger partial charge < -0.3 is 25.7 Å². The monoisotopic (exact) mass is 288 g/mol. The summed E-state index contributed by atoms with van der Waals surface area (Å²) in [4.78, 5) is 28.9. The average molecular weight is 288 g/mol. The maximum atomic E-state index is 12.1. The molecule has 116 valence electrons. The number of carbonyl (C=O) groups is 2. The first-order chi connectivity index (χ1) is 9.63. The highest BCUT2D eigenvalue weighted by Gasteiger charge is 2.28. The minimum Gasteiger partial charge on any atom is -0.395 e. The number of nitrogens with two attached hydrogens (primary N) is 1. The van der Waals surface area contributed by atoms with Gasteiger partial charge in [0.15, 0.2) is 0 Å². The molecular formula is C12H24N4O4. The van der Waals surface area contributed by atoms with Gasteiger partial charge in [0.1, 0.15) is 0 Å². The number of amides is 2. The Morgan fingerprint density at radius 1 is 1.05 bits per heavy atom. The molecule has 20 heavy (non-hydrogen) atoms. The molecule has 4 N–H and O–H groups in total. The molecule has 0 aromatic rings. The normalized spacial score (nSPS) is 16.2. The molecule has 1 rings (SSSR count). The van der Waals surface area contributed by atoms with Crippen LogP contribution in [0.1, 0.15) is 0 Å². The number of aliphatic hydroxyl groups excluding tert-OH is 2. The summed E-state index contributed by atoms with van der Waals surface area (Å²) < 4.78 is 0. The lowest BCUT2D eigenvalue weighted by Gasteiger charge is -2.35. The molecule has 0 unspecified atom stereocenters. The smallest absolute Gasteiger partial charge is 0.312 e. The number of nitrogens with zero attached hydrogens (tertiary/aromatic N) is 3. The Balaban J connectivity index is 2.50. The van der Waals surface area contributed by atoms with E-state index in [1.165, 1.54) is 9.80 Å². The summed E-state index contributed by atoms with van der Waals surface area (Å²) in [6.45, 7) is 3.41. The van der Waals surface area contributed by atoms with E-state index in [4.69, 9.17) is 15.9 Å². The summed E-state index contributed by atoms with van der Waals surface area (Å²) in [6.07, 6.45) is 0. The third-order valence-electron chi connectivity index (χ3n) is 3.31. The zero-order valence-corrected chi connectivity index (χ0v) is 11.7. The molecule has 0 atom stereocenters. The van der Waals surface area contributed by atoms with Crippen molar-refractivity contribution in [2.45, 2.75) is 0 Å². The maximum Gasteiger partial charge on any atom is 0.312 e. The molecule has 0 spiro atoms. The quantitative estimate of drug-likeness (QED) is 0.447. The zero-order chi connectivity index (χ0) is 15.0. The summed E-state index contributed by atoms with van der Waals surface area (Å²) in [7, 11) is 0. The molecule has 8 nitrogen and oxygen atoms in total. The van der Waals surface area contributed by atoms with Crippen LogP contribution < -0.4 is 5.73 Å². The summed E-state index contributed by atoms with van der Waals surface area (Å²) in [5.74, 6) is -1.24. The topological polar surface area (TPSA) is 110 Å². The van der Waals surface area contributed by atoms with Crippen molar-refractivity contribution >= 4 is 11.8 Å². The van der Waals surface area contributed by atoms with Crippen molar-refractivity contribution in [2.75, 3.05) is 65.6 Å². The lowest BCUT2D eigenvalue weighted by atomic mass is 10.3. The first-order valence-corrected chi connectivity index (χ1v) is 6.86. The van der Waals surface area contributed by atoms with Gasteiger partial charge >= 0.3 is 11.8 Å². The molecule has 1 aliphatic rings. The second kappa shape index (κ2) is 8.85. The lowest BCUT2D eigenvalue weighted by Crippen LogP contribution is -2.54.